The standard InChI is InChI=1S/C15H18N4O3/c1-3-4-9-18-14(20)16-13-10-17(15(21)19(13)18)11-5-7-12(22-2)8-6-11/h5-8H,3-4,9-10H2,1-2H3. The molecule has 0 fully saturated rings. The number of hydrogen-bond donors (Lipinski definition) is 0. The van der Waals surface area contributed by atoms with Gasteiger partial charge in [0.1, 0.15) is 5.75 Å². The van der Waals surface area contributed by atoms with Crippen LogP contribution in [0.3, 0.4) is 0 Å². The molecule has 0 saturated carbocycles. The number of methoxy groups -OCH3 is 1. The van der Waals surface area contributed by atoms with Crippen molar-refractivity contribution in [2.45, 2.75) is 32.9 Å². The maximum Gasteiger partial charge on any atom is 0.364 e. The van der Waals surface area contributed by atoms with Crippen LogP contribution in [0.2, 0.25) is 0 Å². The van der Waals surface area contributed by atoms with E-state index in [0.717, 1.165) is 24.3 Å². The monoisotopic (exact) mass is 302 g/mol. The predicted molar refractivity (Wildman–Crippen MR) is 81.4 cm³/mol. The van der Waals surface area contributed by atoms with Gasteiger partial charge in [0.15, 0.2) is 5.82 Å². The van der Waals surface area contributed by atoms with Crippen LogP contribution in [0.5, 0.6) is 5.75 Å². The van der Waals surface area contributed by atoms with Crippen molar-refractivity contribution in [3.63, 3.8) is 0 Å². The Morgan fingerprint density at radius 2 is 1.95 bits per heavy atom. The first-order valence-corrected chi connectivity index (χ1v) is 7.30. The van der Waals surface area contributed by atoms with Crippen molar-refractivity contribution >= 4 is 11.7 Å². The van der Waals surface area contributed by atoms with Crippen LogP contribution in [0.25, 0.3) is 0 Å². The third-order valence-electron chi connectivity index (χ3n) is 3.75. The number of carbonyl (C=O) groups is 1. The lowest BCUT2D eigenvalue weighted by Crippen LogP contribution is -2.33. The van der Waals surface area contributed by atoms with E-state index < -0.39 is 0 Å². The Kier molecular flexibility index (Phi) is 3.70. The summed E-state index contributed by atoms with van der Waals surface area (Å²) in [6.45, 7) is 2.85. The summed E-state index contributed by atoms with van der Waals surface area (Å²) in [5.41, 5.74) is 0.400. The van der Waals surface area contributed by atoms with Crippen LogP contribution < -0.4 is 15.3 Å². The van der Waals surface area contributed by atoms with Gasteiger partial charge in [-0.3, -0.25) is 4.90 Å². The molecule has 2 aromatic rings. The molecule has 7 heteroatoms. The van der Waals surface area contributed by atoms with Crippen LogP contribution in [0, 0.1) is 0 Å². The number of carbonyl (C=O) groups excluding carboxylic acids is 1. The van der Waals surface area contributed by atoms with E-state index in [1.54, 1.807) is 24.1 Å². The maximum atomic E-state index is 12.6. The average molecular weight is 302 g/mol. The molecule has 0 N–H and O–H groups in total. The minimum atomic E-state index is -0.355. The minimum absolute atomic E-state index is 0.245. The van der Waals surface area contributed by atoms with Gasteiger partial charge >= 0.3 is 11.7 Å². The van der Waals surface area contributed by atoms with E-state index in [2.05, 4.69) is 4.98 Å². The normalized spacial score (nSPS) is 13.5. The second-order valence-electron chi connectivity index (χ2n) is 5.17. The Bertz CT molecular complexity index is 745. The molecule has 116 valence electrons. The fourth-order valence-electron chi connectivity index (χ4n) is 2.55. The van der Waals surface area contributed by atoms with Gasteiger partial charge in [-0.2, -0.15) is 9.67 Å². The lowest BCUT2D eigenvalue weighted by molar-refractivity contribution is 0.243. The van der Waals surface area contributed by atoms with E-state index in [4.69, 9.17) is 4.74 Å². The number of hydrogen-bond acceptors (Lipinski definition) is 4. The molecule has 0 aliphatic carbocycles. The second kappa shape index (κ2) is 5.67. The highest BCUT2D eigenvalue weighted by molar-refractivity contribution is 5.95. The summed E-state index contributed by atoms with van der Waals surface area (Å²) in [6, 6.07) is 6.99. The zero-order valence-electron chi connectivity index (χ0n) is 12.7. The van der Waals surface area contributed by atoms with Gasteiger partial charge in [-0.25, -0.2) is 14.3 Å². The molecule has 1 amide bonds. The van der Waals surface area contributed by atoms with Crippen molar-refractivity contribution < 1.29 is 9.53 Å². The molecular weight excluding hydrogens is 284 g/mol. The van der Waals surface area contributed by atoms with Crippen LogP contribution >= 0.6 is 0 Å². The van der Waals surface area contributed by atoms with Gasteiger partial charge in [0.05, 0.1) is 13.7 Å². The lowest BCUT2D eigenvalue weighted by Gasteiger charge is -2.16. The summed E-state index contributed by atoms with van der Waals surface area (Å²) >= 11 is 0. The van der Waals surface area contributed by atoms with Gasteiger partial charge in [0.2, 0.25) is 0 Å². The van der Waals surface area contributed by atoms with Gasteiger partial charge in [-0.05, 0) is 30.7 Å². The van der Waals surface area contributed by atoms with Gasteiger partial charge in [0.25, 0.3) is 0 Å². The third-order valence-corrected chi connectivity index (χ3v) is 3.75. The predicted octanol–water partition coefficient (Wildman–Crippen LogP) is 1.84. The smallest absolute Gasteiger partial charge is 0.364 e. The van der Waals surface area contributed by atoms with Crippen molar-refractivity contribution in [2.75, 3.05) is 12.0 Å². The van der Waals surface area contributed by atoms with Crippen LogP contribution in [-0.4, -0.2) is 27.5 Å². The van der Waals surface area contributed by atoms with E-state index in [1.165, 1.54) is 9.36 Å². The third kappa shape index (κ3) is 2.28. The minimum Gasteiger partial charge on any atom is -0.497 e. The molecule has 0 bridgehead atoms. The number of fused-ring (bicyclic) bond motifs is 1. The molecule has 3 rings (SSSR count). The van der Waals surface area contributed by atoms with E-state index >= 15 is 0 Å². The summed E-state index contributed by atoms with van der Waals surface area (Å²) in [5.74, 6) is 1.22. The van der Waals surface area contributed by atoms with Crippen molar-refractivity contribution in [3.8, 4) is 5.75 Å². The number of amides is 1. The number of anilines is 1. The Labute approximate surface area is 127 Å². The summed E-state index contributed by atoms with van der Waals surface area (Å²) < 4.78 is 7.93. The number of rotatable bonds is 5. The first-order chi connectivity index (χ1) is 10.7. The van der Waals surface area contributed by atoms with Crippen LogP contribution in [0.4, 0.5) is 10.5 Å². The molecule has 2 heterocycles. The summed E-state index contributed by atoms with van der Waals surface area (Å²) in [4.78, 5) is 30.1. The highest BCUT2D eigenvalue weighted by Gasteiger charge is 2.33. The van der Waals surface area contributed by atoms with Crippen molar-refractivity contribution in [3.05, 3.63) is 40.6 Å². The zero-order chi connectivity index (χ0) is 15.7. The van der Waals surface area contributed by atoms with Gasteiger partial charge in [0, 0.05) is 12.2 Å². The Hall–Kier alpha value is -2.57. The molecule has 0 saturated heterocycles. The molecule has 0 spiro atoms. The summed E-state index contributed by atoms with van der Waals surface area (Å²) in [6.07, 6.45) is 1.78. The maximum absolute atomic E-state index is 12.6. The summed E-state index contributed by atoms with van der Waals surface area (Å²) in [7, 11) is 1.60. The first kappa shape index (κ1) is 14.4. The van der Waals surface area contributed by atoms with Crippen LogP contribution in [0.1, 0.15) is 25.6 Å². The van der Waals surface area contributed by atoms with Crippen molar-refractivity contribution in [1.29, 1.82) is 0 Å². The van der Waals surface area contributed by atoms with E-state index in [0.29, 0.717) is 18.9 Å². The molecular formula is C15H18N4O3. The van der Waals surface area contributed by atoms with Crippen LogP contribution in [-0.2, 0) is 13.1 Å². The van der Waals surface area contributed by atoms with Crippen molar-refractivity contribution in [2.24, 2.45) is 0 Å². The molecule has 1 aromatic carbocycles. The number of aromatic nitrogens is 3. The summed E-state index contributed by atoms with van der Waals surface area (Å²) in [5, 5.41) is 0. The number of benzene rings is 1. The molecule has 1 aliphatic rings. The number of unbranched alkanes of at least 4 members (excludes halogenated alkanes) is 1. The molecule has 22 heavy (non-hydrogen) atoms. The van der Waals surface area contributed by atoms with E-state index in [9.17, 15) is 9.59 Å². The zero-order valence-corrected chi connectivity index (χ0v) is 12.7. The molecule has 0 radical (unpaired) electrons. The SMILES string of the molecule is CCCCn1c(=O)nc2n1C(=O)N(c1ccc(OC)cc1)C2. The Morgan fingerprint density at radius 3 is 2.59 bits per heavy atom. The molecule has 1 aliphatic heterocycles. The Balaban J connectivity index is 1.90. The molecule has 0 unspecified atom stereocenters. The lowest BCUT2D eigenvalue weighted by atomic mass is 10.3. The first-order valence-electron chi connectivity index (χ1n) is 7.30. The highest BCUT2D eigenvalue weighted by atomic mass is 16.5. The fourth-order valence-corrected chi connectivity index (χ4v) is 2.55. The topological polar surface area (TPSA) is 69.4 Å². The van der Waals surface area contributed by atoms with E-state index in [1.807, 2.05) is 19.1 Å². The van der Waals surface area contributed by atoms with E-state index in [-0.39, 0.29) is 11.7 Å². The van der Waals surface area contributed by atoms with Gasteiger partial charge in [-0.15, -0.1) is 0 Å². The Morgan fingerprint density at radius 1 is 1.23 bits per heavy atom. The number of ether oxygens (including phenoxy) is 1. The molecule has 1 aromatic heterocycles. The van der Waals surface area contributed by atoms with Gasteiger partial charge in [-0.1, -0.05) is 13.3 Å². The average Bonchev–Trinajstić information content (AvgIpc) is 3.01. The fraction of sp³-hybridized carbons (Fsp3) is 0.400. The molecule has 7 nitrogen and oxygen atoms in total. The highest BCUT2D eigenvalue weighted by Crippen LogP contribution is 2.25. The number of nitrogens with zero attached hydrogens (tertiary/aromatic N) is 4. The second-order valence-corrected chi connectivity index (χ2v) is 5.17. The van der Waals surface area contributed by atoms with Gasteiger partial charge < -0.3 is 4.74 Å². The quantitative estimate of drug-likeness (QED) is 0.845. The van der Waals surface area contributed by atoms with Crippen molar-refractivity contribution in [1.82, 2.24) is 14.3 Å². The largest absolute Gasteiger partial charge is 0.497 e. The molecule has 0 atom stereocenters. The van der Waals surface area contributed by atoms with Crippen LogP contribution in [0.15, 0.2) is 29.1 Å².